The zero-order chi connectivity index (χ0) is 47.2. The zero-order valence-corrected chi connectivity index (χ0v) is 43.0. The summed E-state index contributed by atoms with van der Waals surface area (Å²) >= 11 is 0. The van der Waals surface area contributed by atoms with Crippen LogP contribution in [0.15, 0.2) is 60.8 Å². The lowest BCUT2D eigenvalue weighted by Gasteiger charge is -2.18. The van der Waals surface area contributed by atoms with E-state index in [1.807, 2.05) is 0 Å². The molecule has 0 fully saturated rings. The Morgan fingerprint density at radius 1 is 0.323 bits per heavy atom. The molecule has 0 heterocycles. The van der Waals surface area contributed by atoms with Gasteiger partial charge in [-0.15, -0.1) is 0 Å². The van der Waals surface area contributed by atoms with Crippen LogP contribution in [-0.4, -0.2) is 37.2 Å². The summed E-state index contributed by atoms with van der Waals surface area (Å²) in [6.45, 7) is 6.50. The van der Waals surface area contributed by atoms with Gasteiger partial charge in [0.15, 0.2) is 6.10 Å². The fraction of sp³-hybridized carbons (Fsp3) is 0.780. The van der Waals surface area contributed by atoms with E-state index in [-0.39, 0.29) is 31.1 Å². The summed E-state index contributed by atoms with van der Waals surface area (Å²) in [4.78, 5) is 38.1. The molecular formula is C59H104O6. The zero-order valence-electron chi connectivity index (χ0n) is 43.0. The molecule has 65 heavy (non-hydrogen) atoms. The third-order valence-corrected chi connectivity index (χ3v) is 12.1. The Balaban J connectivity index is 4.39. The molecule has 0 aliphatic rings. The first-order chi connectivity index (χ1) is 32.0. The summed E-state index contributed by atoms with van der Waals surface area (Å²) < 4.78 is 16.8. The Hall–Kier alpha value is -2.89. The molecule has 6 nitrogen and oxygen atoms in total. The summed E-state index contributed by atoms with van der Waals surface area (Å²) in [6, 6.07) is 0. The van der Waals surface area contributed by atoms with Gasteiger partial charge in [0.05, 0.1) is 0 Å². The highest BCUT2D eigenvalue weighted by Gasteiger charge is 2.19. The second-order valence-corrected chi connectivity index (χ2v) is 18.6. The van der Waals surface area contributed by atoms with Gasteiger partial charge in [0.1, 0.15) is 13.2 Å². The maximum Gasteiger partial charge on any atom is 0.306 e. The van der Waals surface area contributed by atoms with Gasteiger partial charge in [-0.1, -0.05) is 255 Å². The Morgan fingerprint density at radius 3 is 0.938 bits per heavy atom. The molecule has 1 unspecified atom stereocenters. The molecule has 0 saturated heterocycles. The first-order valence-electron chi connectivity index (χ1n) is 27.8. The molecule has 0 aromatic carbocycles. The highest BCUT2D eigenvalue weighted by molar-refractivity contribution is 5.71. The molecular weight excluding hydrogens is 805 g/mol. The second-order valence-electron chi connectivity index (χ2n) is 18.6. The van der Waals surface area contributed by atoms with Crippen LogP contribution < -0.4 is 0 Å². The summed E-state index contributed by atoms with van der Waals surface area (Å²) in [5.41, 5.74) is 0. The van der Waals surface area contributed by atoms with Crippen molar-refractivity contribution in [3.63, 3.8) is 0 Å². The van der Waals surface area contributed by atoms with Gasteiger partial charge < -0.3 is 14.2 Å². The monoisotopic (exact) mass is 909 g/mol. The maximum atomic E-state index is 12.8. The van der Waals surface area contributed by atoms with Crippen LogP contribution >= 0.6 is 0 Å². The lowest BCUT2D eigenvalue weighted by Crippen LogP contribution is -2.30. The van der Waals surface area contributed by atoms with Crippen molar-refractivity contribution in [1.29, 1.82) is 0 Å². The van der Waals surface area contributed by atoms with Crippen LogP contribution in [0, 0.1) is 0 Å². The van der Waals surface area contributed by atoms with Crippen LogP contribution in [0.5, 0.6) is 0 Å². The molecule has 0 aromatic heterocycles. The molecule has 1 atom stereocenters. The standard InChI is InChI=1S/C59H104O6/c1-4-7-10-13-16-19-22-25-27-29-30-32-34-37-40-43-46-49-52-58(61)64-55-56(54-63-57(60)51-48-45-42-39-36-33-24-21-18-15-12-9-6-3)65-59(62)53-50-47-44-41-38-35-31-28-26-23-20-17-14-11-8-5-2/h9,12,15,18,21,24,27,29-30,32,56H,4-8,10-11,13-14,16-17,19-20,22-23,25-26,28,31,33-55H2,1-3H3/b12-9+,18-15+,24-21+,29-27+,32-30+. The van der Waals surface area contributed by atoms with Crippen molar-refractivity contribution in [2.75, 3.05) is 13.2 Å². The van der Waals surface area contributed by atoms with Gasteiger partial charge >= 0.3 is 17.9 Å². The van der Waals surface area contributed by atoms with Crippen LogP contribution in [0.25, 0.3) is 0 Å². The summed E-state index contributed by atoms with van der Waals surface area (Å²) in [7, 11) is 0. The average Bonchev–Trinajstić information content (AvgIpc) is 3.30. The van der Waals surface area contributed by atoms with Crippen molar-refractivity contribution in [1.82, 2.24) is 0 Å². The fourth-order valence-electron chi connectivity index (χ4n) is 7.90. The Labute approximate surface area is 402 Å². The number of ether oxygens (including phenoxy) is 3. The number of esters is 3. The quantitative estimate of drug-likeness (QED) is 0.0262. The van der Waals surface area contributed by atoms with Gasteiger partial charge in [0.25, 0.3) is 0 Å². The number of carbonyl (C=O) groups excluding carboxylic acids is 3. The number of hydrogen-bond donors (Lipinski definition) is 0. The maximum absolute atomic E-state index is 12.8. The van der Waals surface area contributed by atoms with Crippen molar-refractivity contribution in [2.24, 2.45) is 0 Å². The van der Waals surface area contributed by atoms with Crippen molar-refractivity contribution in [2.45, 2.75) is 284 Å². The first kappa shape index (κ1) is 62.1. The molecule has 0 amide bonds. The van der Waals surface area contributed by atoms with Crippen LogP contribution in [0.4, 0.5) is 0 Å². The summed E-state index contributed by atoms with van der Waals surface area (Å²) in [5.74, 6) is -0.911. The van der Waals surface area contributed by atoms with Crippen molar-refractivity contribution in [3.05, 3.63) is 60.8 Å². The van der Waals surface area contributed by atoms with Crippen molar-refractivity contribution >= 4 is 17.9 Å². The van der Waals surface area contributed by atoms with Gasteiger partial charge in [-0.05, 0) is 64.2 Å². The molecule has 0 spiro atoms. The number of carbonyl (C=O) groups is 3. The van der Waals surface area contributed by atoms with E-state index in [1.54, 1.807) is 0 Å². The molecule has 0 rings (SSSR count). The molecule has 376 valence electrons. The third-order valence-electron chi connectivity index (χ3n) is 12.1. The van der Waals surface area contributed by atoms with E-state index in [9.17, 15) is 14.4 Å². The molecule has 0 aliphatic carbocycles. The number of hydrogen-bond acceptors (Lipinski definition) is 6. The summed E-state index contributed by atoms with van der Waals surface area (Å²) in [6.07, 6.45) is 66.4. The Bertz CT molecular complexity index is 1180. The Morgan fingerprint density at radius 2 is 0.600 bits per heavy atom. The predicted octanol–water partition coefficient (Wildman–Crippen LogP) is 18.4. The van der Waals surface area contributed by atoms with Gasteiger partial charge in [-0.2, -0.15) is 0 Å². The largest absolute Gasteiger partial charge is 0.462 e. The van der Waals surface area contributed by atoms with Crippen LogP contribution in [0.3, 0.4) is 0 Å². The second kappa shape index (κ2) is 53.7. The lowest BCUT2D eigenvalue weighted by molar-refractivity contribution is -0.167. The van der Waals surface area contributed by atoms with E-state index < -0.39 is 6.10 Å². The smallest absolute Gasteiger partial charge is 0.306 e. The molecule has 0 aromatic rings. The van der Waals surface area contributed by atoms with Gasteiger partial charge in [0, 0.05) is 19.3 Å². The number of rotatable bonds is 50. The van der Waals surface area contributed by atoms with Gasteiger partial charge in [-0.3, -0.25) is 14.4 Å². The number of allylic oxidation sites excluding steroid dienone is 10. The van der Waals surface area contributed by atoms with E-state index in [0.29, 0.717) is 19.3 Å². The third kappa shape index (κ3) is 51.9. The van der Waals surface area contributed by atoms with E-state index in [4.69, 9.17) is 14.2 Å². The minimum Gasteiger partial charge on any atom is -0.462 e. The minimum absolute atomic E-state index is 0.0870. The van der Waals surface area contributed by atoms with Crippen LogP contribution in [0.1, 0.15) is 278 Å². The Kier molecular flexibility index (Phi) is 51.3. The SMILES string of the molecule is CC/C=C/C=C/C=C/CCCCCCCC(=O)OCC(COC(=O)CCCCCCC/C=C/C=C/CCCCCCCCC)OC(=O)CCCCCCCCCCCCCCCCCC. The van der Waals surface area contributed by atoms with E-state index in [2.05, 4.69) is 81.5 Å². The predicted molar refractivity (Wildman–Crippen MR) is 279 cm³/mol. The fourth-order valence-corrected chi connectivity index (χ4v) is 7.90. The average molecular weight is 909 g/mol. The van der Waals surface area contributed by atoms with Crippen molar-refractivity contribution in [3.8, 4) is 0 Å². The van der Waals surface area contributed by atoms with E-state index >= 15 is 0 Å². The van der Waals surface area contributed by atoms with Crippen LogP contribution in [-0.2, 0) is 28.6 Å². The van der Waals surface area contributed by atoms with E-state index in [1.165, 1.54) is 135 Å². The minimum atomic E-state index is -0.787. The highest BCUT2D eigenvalue weighted by atomic mass is 16.6. The normalized spacial score (nSPS) is 12.5. The lowest BCUT2D eigenvalue weighted by atomic mass is 10.0. The highest BCUT2D eigenvalue weighted by Crippen LogP contribution is 2.16. The molecule has 0 N–H and O–H groups in total. The molecule has 6 heteroatoms. The molecule has 0 radical (unpaired) electrons. The first-order valence-corrected chi connectivity index (χ1v) is 27.8. The van der Waals surface area contributed by atoms with Gasteiger partial charge in [0.2, 0.25) is 0 Å². The topological polar surface area (TPSA) is 78.9 Å². The molecule has 0 aliphatic heterocycles. The molecule has 0 saturated carbocycles. The molecule has 0 bridgehead atoms. The van der Waals surface area contributed by atoms with Gasteiger partial charge in [-0.25, -0.2) is 0 Å². The summed E-state index contributed by atoms with van der Waals surface area (Å²) in [5, 5.41) is 0. The van der Waals surface area contributed by atoms with Crippen molar-refractivity contribution < 1.29 is 28.6 Å². The van der Waals surface area contributed by atoms with Crippen LogP contribution in [0.2, 0.25) is 0 Å². The van der Waals surface area contributed by atoms with E-state index in [0.717, 1.165) is 103 Å². The number of unbranched alkanes of at least 4 members (excludes halogenated alkanes) is 32.